The lowest BCUT2D eigenvalue weighted by molar-refractivity contribution is -0.142. The van der Waals surface area contributed by atoms with Crippen LogP contribution < -0.4 is 5.73 Å². The Morgan fingerprint density at radius 3 is 2.73 bits per heavy atom. The molecule has 0 spiro atoms. The van der Waals surface area contributed by atoms with E-state index < -0.39 is 0 Å². The van der Waals surface area contributed by atoms with Gasteiger partial charge in [0.2, 0.25) is 0 Å². The van der Waals surface area contributed by atoms with Crippen LogP contribution in [0.5, 0.6) is 6.01 Å². The van der Waals surface area contributed by atoms with Gasteiger partial charge >= 0.3 is 5.97 Å². The topological polar surface area (TPSA) is 129 Å². The predicted octanol–water partition coefficient (Wildman–Crippen LogP) is 2.13. The second-order valence-electron chi connectivity index (χ2n) is 8.06. The average Bonchev–Trinajstić information content (AvgIpc) is 3.08. The molecule has 10 nitrogen and oxygen atoms in total. The van der Waals surface area contributed by atoms with Gasteiger partial charge in [-0.25, -0.2) is 9.97 Å². The van der Waals surface area contributed by atoms with Crippen LogP contribution in [0.3, 0.4) is 0 Å². The molecule has 0 unspecified atom stereocenters. The van der Waals surface area contributed by atoms with E-state index in [0.29, 0.717) is 36.7 Å². The van der Waals surface area contributed by atoms with Gasteiger partial charge in [0.05, 0.1) is 19.6 Å². The SMILES string of the molecule is CCOCc1nc(N)c2nc(O)n(Cc3cccc(CC(=O)OCCCCN(C)C)c3)c2n1. The van der Waals surface area contributed by atoms with Crippen LogP contribution in [0.25, 0.3) is 11.2 Å². The summed E-state index contributed by atoms with van der Waals surface area (Å²) in [6.07, 6.45) is 2.01. The molecule has 0 aliphatic rings. The maximum absolute atomic E-state index is 12.2. The number of aromatic hydroxyl groups is 1. The van der Waals surface area contributed by atoms with Gasteiger partial charge in [0, 0.05) is 6.61 Å². The summed E-state index contributed by atoms with van der Waals surface area (Å²) in [4.78, 5) is 27.1. The molecule has 3 N–H and O–H groups in total. The Balaban J connectivity index is 1.68. The summed E-state index contributed by atoms with van der Waals surface area (Å²) in [6, 6.07) is 7.36. The number of carbonyl (C=O) groups excluding carboxylic acids is 1. The number of nitrogens with two attached hydrogens (primary N) is 1. The largest absolute Gasteiger partial charge is 0.480 e. The number of hydrogen-bond acceptors (Lipinski definition) is 9. The van der Waals surface area contributed by atoms with Gasteiger partial charge in [-0.05, 0) is 51.5 Å². The van der Waals surface area contributed by atoms with Crippen molar-refractivity contribution in [1.82, 2.24) is 24.4 Å². The molecule has 178 valence electrons. The van der Waals surface area contributed by atoms with E-state index in [9.17, 15) is 9.90 Å². The highest BCUT2D eigenvalue weighted by atomic mass is 16.5. The lowest BCUT2D eigenvalue weighted by Gasteiger charge is -2.10. The van der Waals surface area contributed by atoms with E-state index in [2.05, 4.69) is 19.9 Å². The number of rotatable bonds is 12. The molecule has 0 atom stereocenters. The lowest BCUT2D eigenvalue weighted by Crippen LogP contribution is -2.14. The molecule has 33 heavy (non-hydrogen) atoms. The van der Waals surface area contributed by atoms with Crippen molar-refractivity contribution in [3.05, 3.63) is 41.2 Å². The maximum Gasteiger partial charge on any atom is 0.310 e. The molecule has 0 amide bonds. The molecule has 0 aliphatic carbocycles. The number of carbonyl (C=O) groups is 1. The summed E-state index contributed by atoms with van der Waals surface area (Å²) < 4.78 is 12.3. The minimum atomic E-state index is -0.256. The summed E-state index contributed by atoms with van der Waals surface area (Å²) >= 11 is 0. The van der Waals surface area contributed by atoms with Crippen LogP contribution >= 0.6 is 0 Å². The highest BCUT2D eigenvalue weighted by Crippen LogP contribution is 2.24. The molecule has 0 saturated carbocycles. The number of hydrogen-bond donors (Lipinski definition) is 2. The fourth-order valence-corrected chi connectivity index (χ4v) is 3.42. The lowest BCUT2D eigenvalue weighted by atomic mass is 10.1. The molecule has 0 bridgehead atoms. The number of nitrogens with zero attached hydrogens (tertiary/aromatic N) is 5. The summed E-state index contributed by atoms with van der Waals surface area (Å²) in [5, 5.41) is 10.4. The van der Waals surface area contributed by atoms with Crippen molar-refractivity contribution in [2.75, 3.05) is 39.6 Å². The second kappa shape index (κ2) is 11.6. The van der Waals surface area contributed by atoms with E-state index in [0.717, 1.165) is 30.5 Å². The van der Waals surface area contributed by atoms with Crippen molar-refractivity contribution in [2.24, 2.45) is 0 Å². The van der Waals surface area contributed by atoms with E-state index in [1.54, 1.807) is 4.57 Å². The van der Waals surface area contributed by atoms with Crippen molar-refractivity contribution in [2.45, 2.75) is 39.3 Å². The fourth-order valence-electron chi connectivity index (χ4n) is 3.42. The van der Waals surface area contributed by atoms with Crippen LogP contribution in [-0.4, -0.2) is 69.3 Å². The van der Waals surface area contributed by atoms with E-state index in [1.807, 2.05) is 45.3 Å². The molecular formula is C23H32N6O4. The van der Waals surface area contributed by atoms with Gasteiger partial charge in [0.1, 0.15) is 6.61 Å². The smallest absolute Gasteiger partial charge is 0.310 e. The summed E-state index contributed by atoms with van der Waals surface area (Å²) in [5.74, 6) is 0.352. The van der Waals surface area contributed by atoms with Gasteiger partial charge < -0.3 is 25.2 Å². The molecule has 0 aliphatic heterocycles. The summed E-state index contributed by atoms with van der Waals surface area (Å²) in [6.45, 7) is 4.32. The molecule has 1 aromatic carbocycles. The number of imidazole rings is 1. The Kier molecular flexibility index (Phi) is 8.56. The number of ether oxygens (including phenoxy) is 2. The molecule has 2 heterocycles. The monoisotopic (exact) mass is 456 g/mol. The normalized spacial score (nSPS) is 11.4. The third-order valence-electron chi connectivity index (χ3n) is 5.03. The molecule has 2 aromatic heterocycles. The van der Waals surface area contributed by atoms with E-state index in [-0.39, 0.29) is 30.8 Å². The van der Waals surface area contributed by atoms with Crippen molar-refractivity contribution in [3.8, 4) is 6.01 Å². The van der Waals surface area contributed by atoms with Gasteiger partial charge in [0.25, 0.3) is 6.01 Å². The predicted molar refractivity (Wildman–Crippen MR) is 125 cm³/mol. The number of anilines is 1. The first-order valence-corrected chi connectivity index (χ1v) is 11.0. The van der Waals surface area contributed by atoms with Crippen molar-refractivity contribution in [3.63, 3.8) is 0 Å². The molecule has 0 radical (unpaired) electrons. The highest BCUT2D eigenvalue weighted by Gasteiger charge is 2.17. The Morgan fingerprint density at radius 1 is 1.18 bits per heavy atom. The Bertz CT molecular complexity index is 1080. The minimum Gasteiger partial charge on any atom is -0.480 e. The van der Waals surface area contributed by atoms with Crippen LogP contribution in [-0.2, 0) is 33.8 Å². The number of benzene rings is 1. The first-order valence-electron chi connectivity index (χ1n) is 11.0. The second-order valence-corrected chi connectivity index (χ2v) is 8.06. The van der Waals surface area contributed by atoms with Crippen LogP contribution in [0.15, 0.2) is 24.3 Å². The number of unbranched alkanes of at least 4 members (excludes halogenated alkanes) is 1. The first kappa shape index (κ1) is 24.4. The van der Waals surface area contributed by atoms with Crippen molar-refractivity contribution < 1.29 is 19.4 Å². The standard InChI is InChI=1S/C23H32N6O4/c1-4-32-15-18-25-21(24)20-22(26-18)29(23(31)27-20)14-17-9-7-8-16(12-17)13-19(30)33-11-6-5-10-28(2)3/h7-9,12H,4-6,10-11,13-15H2,1-3H3,(H,27,31)(H2,24,25,26). The summed E-state index contributed by atoms with van der Waals surface area (Å²) in [5.41, 5.74) is 8.49. The number of fused-ring (bicyclic) bond motifs is 1. The first-order chi connectivity index (χ1) is 15.9. The highest BCUT2D eigenvalue weighted by molar-refractivity contribution is 5.82. The molecular weight excluding hydrogens is 424 g/mol. The number of nitrogen functional groups attached to an aromatic ring is 1. The van der Waals surface area contributed by atoms with Crippen LogP contribution in [0.1, 0.15) is 36.7 Å². The Labute approximate surface area is 193 Å². The zero-order chi connectivity index (χ0) is 23.8. The molecule has 0 fully saturated rings. The molecule has 3 aromatic rings. The molecule has 3 rings (SSSR count). The van der Waals surface area contributed by atoms with E-state index in [1.165, 1.54) is 0 Å². The van der Waals surface area contributed by atoms with Crippen molar-refractivity contribution in [1.29, 1.82) is 0 Å². The van der Waals surface area contributed by atoms with Gasteiger partial charge in [-0.2, -0.15) is 4.98 Å². The van der Waals surface area contributed by atoms with Gasteiger partial charge in [-0.15, -0.1) is 0 Å². The van der Waals surface area contributed by atoms with Crippen LogP contribution in [0, 0.1) is 0 Å². The Hall–Kier alpha value is -3.24. The average molecular weight is 457 g/mol. The zero-order valence-corrected chi connectivity index (χ0v) is 19.5. The zero-order valence-electron chi connectivity index (χ0n) is 19.5. The number of aromatic nitrogens is 4. The van der Waals surface area contributed by atoms with E-state index >= 15 is 0 Å². The molecule has 0 saturated heterocycles. The summed E-state index contributed by atoms with van der Waals surface area (Å²) in [7, 11) is 4.04. The quantitative estimate of drug-likeness (QED) is 0.311. The van der Waals surface area contributed by atoms with E-state index in [4.69, 9.17) is 15.2 Å². The number of esters is 1. The van der Waals surface area contributed by atoms with Gasteiger partial charge in [-0.3, -0.25) is 9.36 Å². The fraction of sp³-hybridized carbons (Fsp3) is 0.478. The van der Waals surface area contributed by atoms with Crippen LogP contribution in [0.4, 0.5) is 5.82 Å². The minimum absolute atomic E-state index is 0.186. The van der Waals surface area contributed by atoms with Crippen LogP contribution in [0.2, 0.25) is 0 Å². The molecule has 10 heteroatoms. The van der Waals surface area contributed by atoms with Gasteiger partial charge in [-0.1, -0.05) is 24.3 Å². The Morgan fingerprint density at radius 2 is 1.97 bits per heavy atom. The van der Waals surface area contributed by atoms with Crippen molar-refractivity contribution >= 4 is 23.0 Å². The maximum atomic E-state index is 12.2. The van der Waals surface area contributed by atoms with Gasteiger partial charge in [0.15, 0.2) is 22.8 Å². The third kappa shape index (κ3) is 6.87. The third-order valence-corrected chi connectivity index (χ3v) is 5.03.